The lowest BCUT2D eigenvalue weighted by Crippen LogP contribution is -2.27. The smallest absolute Gasteiger partial charge is 0.291 e. The molecule has 0 unspecified atom stereocenters. The topological polar surface area (TPSA) is 56.1 Å². The zero-order valence-electron chi connectivity index (χ0n) is 15.6. The van der Waals surface area contributed by atoms with E-state index in [1.165, 1.54) is 4.57 Å². The van der Waals surface area contributed by atoms with Crippen molar-refractivity contribution in [3.8, 4) is 5.75 Å². The maximum atomic E-state index is 12.8. The number of carbonyl (C=O) groups excluding carboxylic acids is 1. The molecule has 1 N–H and O–H groups in total. The predicted octanol–water partition coefficient (Wildman–Crippen LogP) is 4.45. The van der Waals surface area contributed by atoms with Gasteiger partial charge in [0.1, 0.15) is 12.3 Å². The van der Waals surface area contributed by atoms with Gasteiger partial charge in [0.05, 0.1) is 17.1 Å². The predicted molar refractivity (Wildman–Crippen MR) is 106 cm³/mol. The third-order valence-electron chi connectivity index (χ3n) is 3.90. The summed E-state index contributed by atoms with van der Waals surface area (Å²) in [5.74, 6) is -2.12. The Kier molecular flexibility index (Phi) is 6.51. The molecule has 1 heterocycles. The maximum Gasteiger partial charge on any atom is 0.291 e. The maximum absolute atomic E-state index is 12.8. The van der Waals surface area contributed by atoms with Gasteiger partial charge in [0.2, 0.25) is 5.91 Å². The Bertz CT molecular complexity index is 942. The van der Waals surface area contributed by atoms with Crippen molar-refractivity contribution in [1.82, 2.24) is 14.9 Å². The summed E-state index contributed by atoms with van der Waals surface area (Å²) in [6.45, 7) is 4.16. The van der Waals surface area contributed by atoms with Gasteiger partial charge in [0, 0.05) is 6.54 Å². The van der Waals surface area contributed by atoms with Gasteiger partial charge in [-0.3, -0.25) is 4.79 Å². The monoisotopic (exact) mass is 405 g/mol. The highest BCUT2D eigenvalue weighted by atomic mass is 32.2. The summed E-state index contributed by atoms with van der Waals surface area (Å²) in [6.07, 6.45) is 0.0934. The molecule has 0 aliphatic heterocycles. The van der Waals surface area contributed by atoms with Crippen molar-refractivity contribution >= 4 is 28.7 Å². The van der Waals surface area contributed by atoms with E-state index < -0.39 is 5.76 Å². The minimum atomic E-state index is -2.61. The fourth-order valence-electron chi connectivity index (χ4n) is 2.73. The van der Waals surface area contributed by atoms with Crippen molar-refractivity contribution < 1.29 is 18.3 Å². The minimum absolute atomic E-state index is 0.0793. The first-order chi connectivity index (χ1) is 13.4. The molecular formula is C20H21F2N3O2S. The van der Waals surface area contributed by atoms with E-state index in [4.69, 9.17) is 4.74 Å². The first-order valence-corrected chi connectivity index (χ1v) is 9.72. The Labute approximate surface area is 166 Å². The number of nitrogens with one attached hydrogen (secondary N) is 1. The zero-order valence-corrected chi connectivity index (χ0v) is 16.4. The minimum Gasteiger partial charge on any atom is -0.491 e. The third-order valence-corrected chi connectivity index (χ3v) is 4.60. The number of carbonyl (C=O) groups is 1. The highest BCUT2D eigenvalue weighted by Gasteiger charge is 2.17. The van der Waals surface area contributed by atoms with E-state index in [9.17, 15) is 13.6 Å². The highest BCUT2D eigenvalue weighted by Crippen LogP contribution is 2.28. The molecule has 1 amide bonds. The van der Waals surface area contributed by atoms with Crippen LogP contribution in [-0.2, 0) is 17.9 Å². The first kappa shape index (κ1) is 20.1. The van der Waals surface area contributed by atoms with Crippen molar-refractivity contribution in [1.29, 1.82) is 0 Å². The summed E-state index contributed by atoms with van der Waals surface area (Å²) in [4.78, 5) is 16.6. The van der Waals surface area contributed by atoms with E-state index in [2.05, 4.69) is 10.3 Å². The normalized spacial score (nSPS) is 11.4. The van der Waals surface area contributed by atoms with Crippen LogP contribution in [0.5, 0.6) is 5.75 Å². The molecule has 0 radical (unpaired) electrons. The largest absolute Gasteiger partial charge is 0.491 e. The molecule has 28 heavy (non-hydrogen) atoms. The van der Waals surface area contributed by atoms with Crippen LogP contribution in [0.3, 0.4) is 0 Å². The number of halogens is 2. The molecule has 3 aromatic rings. The van der Waals surface area contributed by atoms with Crippen LogP contribution in [0.2, 0.25) is 0 Å². The number of aromatic nitrogens is 2. The molecule has 0 aliphatic rings. The van der Waals surface area contributed by atoms with Gasteiger partial charge in [-0.25, -0.2) is 4.98 Å². The van der Waals surface area contributed by atoms with Crippen LogP contribution in [-0.4, -0.2) is 27.3 Å². The number of hydrogen-bond acceptors (Lipinski definition) is 4. The lowest BCUT2D eigenvalue weighted by atomic mass is 10.2. The molecular weight excluding hydrogens is 384 g/mol. The van der Waals surface area contributed by atoms with Crippen molar-refractivity contribution in [2.24, 2.45) is 0 Å². The SMILES string of the molecule is CC(C)Oc1ccc(CNC(=O)Cn2c(SC(F)F)nc3ccccc32)cc1. The number of benzene rings is 2. The number of imidazole rings is 1. The fourth-order valence-corrected chi connectivity index (χ4v) is 3.33. The van der Waals surface area contributed by atoms with Crippen LogP contribution in [0.4, 0.5) is 8.78 Å². The molecule has 0 fully saturated rings. The molecule has 2 aromatic carbocycles. The summed E-state index contributed by atoms with van der Waals surface area (Å²) in [5, 5.41) is 2.94. The summed E-state index contributed by atoms with van der Waals surface area (Å²) in [7, 11) is 0. The van der Waals surface area contributed by atoms with E-state index in [1.807, 2.05) is 38.1 Å². The van der Waals surface area contributed by atoms with Crippen LogP contribution in [0, 0.1) is 0 Å². The molecule has 0 bridgehead atoms. The molecule has 5 nitrogen and oxygen atoms in total. The number of amides is 1. The van der Waals surface area contributed by atoms with E-state index in [0.29, 0.717) is 29.3 Å². The molecule has 0 aliphatic carbocycles. The van der Waals surface area contributed by atoms with Crippen LogP contribution in [0.15, 0.2) is 53.7 Å². The van der Waals surface area contributed by atoms with E-state index in [0.717, 1.165) is 11.3 Å². The number of para-hydroxylation sites is 2. The van der Waals surface area contributed by atoms with Crippen LogP contribution < -0.4 is 10.1 Å². The van der Waals surface area contributed by atoms with Gasteiger partial charge in [0.25, 0.3) is 5.76 Å². The molecule has 0 atom stereocenters. The van der Waals surface area contributed by atoms with Crippen LogP contribution >= 0.6 is 11.8 Å². The van der Waals surface area contributed by atoms with E-state index in [-0.39, 0.29) is 23.7 Å². The number of nitrogens with zero attached hydrogens (tertiary/aromatic N) is 2. The van der Waals surface area contributed by atoms with Gasteiger partial charge < -0.3 is 14.6 Å². The molecule has 3 rings (SSSR count). The average molecular weight is 405 g/mol. The summed E-state index contributed by atoms with van der Waals surface area (Å²) in [6, 6.07) is 14.5. The lowest BCUT2D eigenvalue weighted by molar-refractivity contribution is -0.121. The lowest BCUT2D eigenvalue weighted by Gasteiger charge is -2.11. The number of fused-ring (bicyclic) bond motifs is 1. The molecule has 0 spiro atoms. The van der Waals surface area contributed by atoms with Crippen molar-refractivity contribution in [3.63, 3.8) is 0 Å². The van der Waals surface area contributed by atoms with Crippen molar-refractivity contribution in [2.75, 3.05) is 0 Å². The molecule has 148 valence electrons. The summed E-state index contributed by atoms with van der Waals surface area (Å²) in [5.41, 5.74) is 2.15. The molecule has 1 aromatic heterocycles. The standard InChI is InChI=1S/C20H21F2N3O2S/c1-13(2)27-15-9-7-14(8-10-15)11-23-18(26)12-25-17-6-4-3-5-16(17)24-20(25)28-19(21)22/h3-10,13,19H,11-12H2,1-2H3,(H,23,26). The van der Waals surface area contributed by atoms with Crippen molar-refractivity contribution in [3.05, 3.63) is 54.1 Å². The fraction of sp³-hybridized carbons (Fsp3) is 0.300. The molecule has 8 heteroatoms. The van der Waals surface area contributed by atoms with Gasteiger partial charge in [-0.05, 0) is 55.4 Å². The number of ether oxygens (including phenoxy) is 1. The van der Waals surface area contributed by atoms with E-state index in [1.54, 1.807) is 24.3 Å². The summed E-state index contributed by atoms with van der Waals surface area (Å²) < 4.78 is 32.8. The molecule has 0 saturated carbocycles. The highest BCUT2D eigenvalue weighted by molar-refractivity contribution is 7.99. The number of hydrogen-bond donors (Lipinski definition) is 1. The Balaban J connectivity index is 1.66. The second-order valence-electron chi connectivity index (χ2n) is 6.44. The Morgan fingerprint density at radius 1 is 1.18 bits per heavy atom. The second kappa shape index (κ2) is 9.05. The van der Waals surface area contributed by atoms with Gasteiger partial charge in [-0.2, -0.15) is 8.78 Å². The Hall–Kier alpha value is -2.61. The Morgan fingerprint density at radius 3 is 2.57 bits per heavy atom. The molecule has 0 saturated heterocycles. The number of alkyl halides is 2. The third kappa shape index (κ3) is 5.22. The van der Waals surface area contributed by atoms with Crippen LogP contribution in [0.25, 0.3) is 11.0 Å². The zero-order chi connectivity index (χ0) is 20.1. The van der Waals surface area contributed by atoms with Gasteiger partial charge >= 0.3 is 0 Å². The number of rotatable bonds is 8. The van der Waals surface area contributed by atoms with E-state index >= 15 is 0 Å². The van der Waals surface area contributed by atoms with Crippen molar-refractivity contribution in [2.45, 2.75) is 44.0 Å². The summed E-state index contributed by atoms with van der Waals surface area (Å²) >= 11 is 0.338. The van der Waals surface area contributed by atoms with Gasteiger partial charge in [-0.15, -0.1) is 0 Å². The van der Waals surface area contributed by atoms with Gasteiger partial charge in [0.15, 0.2) is 5.16 Å². The van der Waals surface area contributed by atoms with Gasteiger partial charge in [-0.1, -0.05) is 24.3 Å². The average Bonchev–Trinajstić information content (AvgIpc) is 2.97. The van der Waals surface area contributed by atoms with Crippen LogP contribution in [0.1, 0.15) is 19.4 Å². The quantitative estimate of drug-likeness (QED) is 0.563. The Morgan fingerprint density at radius 2 is 1.89 bits per heavy atom. The second-order valence-corrected chi connectivity index (χ2v) is 7.39. The number of thioether (sulfide) groups is 1. The first-order valence-electron chi connectivity index (χ1n) is 8.84.